The Balaban J connectivity index is 1.79. The van der Waals surface area contributed by atoms with E-state index in [0.717, 1.165) is 36.2 Å². The fourth-order valence-corrected chi connectivity index (χ4v) is 3.38. The lowest BCUT2D eigenvalue weighted by molar-refractivity contribution is 0.407. The highest BCUT2D eigenvalue weighted by Crippen LogP contribution is 2.20. The lowest BCUT2D eigenvalue weighted by atomic mass is 10.1. The van der Waals surface area contributed by atoms with Gasteiger partial charge in [0.1, 0.15) is 0 Å². The molecule has 1 aliphatic heterocycles. The van der Waals surface area contributed by atoms with Crippen LogP contribution in [-0.2, 0) is 13.1 Å². The molecule has 1 aromatic heterocycles. The zero-order valence-electron chi connectivity index (χ0n) is 12.9. The van der Waals surface area contributed by atoms with Crippen molar-refractivity contribution < 1.29 is 0 Å². The Morgan fingerprint density at radius 1 is 1.09 bits per heavy atom. The van der Waals surface area contributed by atoms with Gasteiger partial charge in [0.2, 0.25) is 0 Å². The average molecular weight is 311 g/mol. The zero-order chi connectivity index (χ0) is 15.2. The lowest BCUT2D eigenvalue weighted by Gasteiger charge is -2.27. The smallest absolute Gasteiger partial charge is 0.159 e. The van der Waals surface area contributed by atoms with Gasteiger partial charge in [-0.3, -0.25) is 9.98 Å². The average Bonchev–Trinajstić information content (AvgIpc) is 2.58. The molecular weight excluding hydrogens is 290 g/mol. The first-order valence-corrected chi connectivity index (χ1v) is 8.67. The minimum atomic E-state index is 0.806. The van der Waals surface area contributed by atoms with Crippen LogP contribution in [0.4, 0.5) is 0 Å². The molecule has 0 unspecified atom stereocenters. The second-order valence-electron chi connectivity index (χ2n) is 5.53. The zero-order valence-corrected chi connectivity index (χ0v) is 13.7. The van der Waals surface area contributed by atoms with Gasteiger partial charge in [0.15, 0.2) is 5.17 Å². The molecule has 1 aliphatic rings. The van der Waals surface area contributed by atoms with E-state index >= 15 is 0 Å². The number of aliphatic imine (C=N–C) groups is 1. The van der Waals surface area contributed by atoms with Crippen molar-refractivity contribution in [3.05, 3.63) is 65.5 Å². The highest BCUT2D eigenvalue weighted by molar-refractivity contribution is 8.13. The van der Waals surface area contributed by atoms with Gasteiger partial charge in [-0.25, -0.2) is 0 Å². The van der Waals surface area contributed by atoms with Crippen molar-refractivity contribution in [2.45, 2.75) is 26.4 Å². The third-order valence-electron chi connectivity index (χ3n) is 3.62. The van der Waals surface area contributed by atoms with Gasteiger partial charge in [-0.05, 0) is 31.0 Å². The summed E-state index contributed by atoms with van der Waals surface area (Å²) in [7, 11) is 0. The summed E-state index contributed by atoms with van der Waals surface area (Å²) in [5.41, 5.74) is 3.70. The van der Waals surface area contributed by atoms with Gasteiger partial charge in [0.05, 0.1) is 12.2 Å². The Hall–Kier alpha value is -1.81. The summed E-state index contributed by atoms with van der Waals surface area (Å²) < 4.78 is 0. The number of hydrogen-bond acceptors (Lipinski definition) is 4. The van der Waals surface area contributed by atoms with Crippen LogP contribution in [0, 0.1) is 6.92 Å². The summed E-state index contributed by atoms with van der Waals surface area (Å²) in [5, 5.41) is 1.15. The van der Waals surface area contributed by atoms with Crippen LogP contribution in [0.5, 0.6) is 0 Å². The van der Waals surface area contributed by atoms with E-state index in [0.29, 0.717) is 0 Å². The van der Waals surface area contributed by atoms with Crippen LogP contribution in [0.3, 0.4) is 0 Å². The minimum absolute atomic E-state index is 0.806. The fourth-order valence-electron chi connectivity index (χ4n) is 2.43. The fraction of sp³-hybridized carbons (Fsp3) is 0.333. The van der Waals surface area contributed by atoms with Gasteiger partial charge >= 0.3 is 0 Å². The quantitative estimate of drug-likeness (QED) is 0.858. The predicted molar refractivity (Wildman–Crippen MR) is 94.0 cm³/mol. The number of benzene rings is 1. The second kappa shape index (κ2) is 7.45. The Morgan fingerprint density at radius 2 is 1.95 bits per heavy atom. The van der Waals surface area contributed by atoms with Crippen molar-refractivity contribution in [1.82, 2.24) is 9.88 Å². The minimum Gasteiger partial charge on any atom is -0.341 e. The van der Waals surface area contributed by atoms with Gasteiger partial charge < -0.3 is 4.90 Å². The first-order valence-electron chi connectivity index (χ1n) is 7.69. The molecule has 2 aromatic rings. The number of amidine groups is 1. The third-order valence-corrected chi connectivity index (χ3v) is 4.76. The largest absolute Gasteiger partial charge is 0.341 e. The van der Waals surface area contributed by atoms with Gasteiger partial charge in [-0.2, -0.15) is 0 Å². The monoisotopic (exact) mass is 311 g/mol. The summed E-state index contributed by atoms with van der Waals surface area (Å²) in [6.07, 6.45) is 3.03. The van der Waals surface area contributed by atoms with Gasteiger partial charge in [-0.1, -0.05) is 47.7 Å². The molecule has 2 heterocycles. The molecule has 0 amide bonds. The van der Waals surface area contributed by atoms with E-state index in [9.17, 15) is 0 Å². The van der Waals surface area contributed by atoms with E-state index in [1.807, 2.05) is 30.1 Å². The Kier molecular flexibility index (Phi) is 5.11. The van der Waals surface area contributed by atoms with Crippen LogP contribution >= 0.6 is 11.8 Å². The normalized spacial score (nSPS) is 14.5. The maximum atomic E-state index is 4.72. The van der Waals surface area contributed by atoms with Gasteiger partial charge in [0, 0.05) is 25.0 Å². The first kappa shape index (κ1) is 15.1. The number of aromatic nitrogens is 1. The maximum Gasteiger partial charge on any atom is 0.159 e. The summed E-state index contributed by atoms with van der Waals surface area (Å²) in [5.74, 6) is 1.16. The molecule has 3 rings (SSSR count). The Morgan fingerprint density at radius 3 is 2.64 bits per heavy atom. The van der Waals surface area contributed by atoms with E-state index in [1.165, 1.54) is 17.5 Å². The third kappa shape index (κ3) is 4.10. The molecule has 0 bridgehead atoms. The van der Waals surface area contributed by atoms with Crippen molar-refractivity contribution in [3.63, 3.8) is 0 Å². The Labute approximate surface area is 136 Å². The highest BCUT2D eigenvalue weighted by Gasteiger charge is 2.16. The van der Waals surface area contributed by atoms with Crippen molar-refractivity contribution in [2.75, 3.05) is 12.3 Å². The summed E-state index contributed by atoms with van der Waals surface area (Å²) >= 11 is 1.86. The standard InChI is InChI=1S/C18H21N3S/c1-15-6-8-16(9-7-15)13-21(18-20-11-4-12-22-18)14-17-5-2-3-10-19-17/h2-3,5-10H,4,11-14H2,1H3. The molecule has 0 saturated heterocycles. The Bertz CT molecular complexity index is 623. The van der Waals surface area contributed by atoms with E-state index in [-0.39, 0.29) is 0 Å². The molecule has 0 fully saturated rings. The van der Waals surface area contributed by atoms with Crippen LogP contribution < -0.4 is 0 Å². The molecule has 0 atom stereocenters. The van der Waals surface area contributed by atoms with Crippen LogP contribution in [0.15, 0.2) is 53.7 Å². The molecule has 0 saturated carbocycles. The van der Waals surface area contributed by atoms with E-state index in [4.69, 9.17) is 4.99 Å². The summed E-state index contributed by atoms with van der Waals surface area (Å²) in [4.78, 5) is 11.5. The van der Waals surface area contributed by atoms with Crippen molar-refractivity contribution in [2.24, 2.45) is 4.99 Å². The van der Waals surface area contributed by atoms with Crippen LogP contribution in [0.25, 0.3) is 0 Å². The SMILES string of the molecule is Cc1ccc(CN(Cc2ccccn2)C2=NCCCS2)cc1. The molecular formula is C18H21N3S. The predicted octanol–water partition coefficient (Wildman–Crippen LogP) is 3.89. The lowest BCUT2D eigenvalue weighted by Crippen LogP contribution is -2.30. The number of rotatable bonds is 4. The molecule has 1 aromatic carbocycles. The number of aryl methyl sites for hydroxylation is 1. The van der Waals surface area contributed by atoms with Crippen LogP contribution in [-0.4, -0.2) is 27.3 Å². The van der Waals surface area contributed by atoms with E-state index in [2.05, 4.69) is 47.1 Å². The number of pyridine rings is 1. The van der Waals surface area contributed by atoms with Crippen molar-refractivity contribution in [3.8, 4) is 0 Å². The first-order chi connectivity index (χ1) is 10.8. The van der Waals surface area contributed by atoms with E-state index < -0.39 is 0 Å². The van der Waals surface area contributed by atoms with Crippen LogP contribution in [0.1, 0.15) is 23.2 Å². The van der Waals surface area contributed by atoms with Crippen LogP contribution in [0.2, 0.25) is 0 Å². The topological polar surface area (TPSA) is 28.5 Å². The molecule has 3 nitrogen and oxygen atoms in total. The van der Waals surface area contributed by atoms with Gasteiger partial charge in [-0.15, -0.1) is 0 Å². The second-order valence-corrected chi connectivity index (χ2v) is 6.59. The van der Waals surface area contributed by atoms with Gasteiger partial charge in [0.25, 0.3) is 0 Å². The molecule has 114 valence electrons. The number of hydrogen-bond donors (Lipinski definition) is 0. The molecule has 0 aliphatic carbocycles. The summed E-state index contributed by atoms with van der Waals surface area (Å²) in [6, 6.07) is 14.8. The van der Waals surface area contributed by atoms with Crippen molar-refractivity contribution in [1.29, 1.82) is 0 Å². The highest BCUT2D eigenvalue weighted by atomic mass is 32.2. The summed E-state index contributed by atoms with van der Waals surface area (Å²) in [6.45, 7) is 4.74. The number of thioether (sulfide) groups is 1. The number of nitrogens with zero attached hydrogens (tertiary/aromatic N) is 3. The van der Waals surface area contributed by atoms with Crippen molar-refractivity contribution >= 4 is 16.9 Å². The molecule has 4 heteroatoms. The van der Waals surface area contributed by atoms with E-state index in [1.54, 1.807) is 0 Å². The molecule has 22 heavy (non-hydrogen) atoms. The molecule has 0 spiro atoms. The maximum absolute atomic E-state index is 4.72. The molecule has 0 N–H and O–H groups in total. The molecule has 0 radical (unpaired) electrons.